The second-order valence-corrected chi connectivity index (χ2v) is 4.37. The summed E-state index contributed by atoms with van der Waals surface area (Å²) in [4.78, 5) is 13.1. The van der Waals surface area contributed by atoms with Gasteiger partial charge in [-0.05, 0) is 19.3 Å². The minimum Gasteiger partial charge on any atom is -0.374 e. The molecule has 4 nitrogen and oxygen atoms in total. The second kappa shape index (κ2) is 4.72. The van der Waals surface area contributed by atoms with Gasteiger partial charge < -0.3 is 15.0 Å². The SMILES string of the molecule is O=C(NCC(F)(F)F)N1CCO[C@H]2CCC[C@H]21. The minimum absolute atomic E-state index is 0.000358. The van der Waals surface area contributed by atoms with Crippen LogP contribution in [0.4, 0.5) is 18.0 Å². The van der Waals surface area contributed by atoms with Gasteiger partial charge in [0.1, 0.15) is 6.54 Å². The van der Waals surface area contributed by atoms with Crippen molar-refractivity contribution in [1.82, 2.24) is 10.2 Å². The number of morpholine rings is 1. The molecule has 2 fully saturated rings. The average molecular weight is 252 g/mol. The standard InChI is InChI=1S/C10H15F3N2O2/c11-10(12,13)6-14-9(16)15-4-5-17-8-3-1-2-7(8)15/h7-8H,1-6H2,(H,14,16)/t7-,8+/m1/s1. The van der Waals surface area contributed by atoms with E-state index in [4.69, 9.17) is 4.74 Å². The molecular weight excluding hydrogens is 237 g/mol. The number of carbonyl (C=O) groups is 1. The Morgan fingerprint density at radius 2 is 2.18 bits per heavy atom. The van der Waals surface area contributed by atoms with Crippen LogP contribution < -0.4 is 5.32 Å². The van der Waals surface area contributed by atoms with Crippen LogP contribution >= 0.6 is 0 Å². The normalized spacial score (nSPS) is 29.0. The molecule has 0 radical (unpaired) electrons. The van der Waals surface area contributed by atoms with E-state index < -0.39 is 18.8 Å². The molecule has 7 heteroatoms. The molecule has 0 unspecified atom stereocenters. The van der Waals surface area contributed by atoms with Crippen molar-refractivity contribution >= 4 is 6.03 Å². The van der Waals surface area contributed by atoms with Gasteiger partial charge in [0, 0.05) is 6.54 Å². The van der Waals surface area contributed by atoms with Gasteiger partial charge in [-0.2, -0.15) is 13.2 Å². The number of ether oxygens (including phenoxy) is 1. The predicted molar refractivity (Wildman–Crippen MR) is 53.5 cm³/mol. The van der Waals surface area contributed by atoms with E-state index in [0.29, 0.717) is 13.2 Å². The quantitative estimate of drug-likeness (QED) is 0.768. The molecule has 1 aliphatic heterocycles. The third-order valence-electron chi connectivity index (χ3n) is 3.18. The molecule has 2 aliphatic rings. The summed E-state index contributed by atoms with van der Waals surface area (Å²) >= 11 is 0. The summed E-state index contributed by atoms with van der Waals surface area (Å²) in [5.74, 6) is 0. The number of urea groups is 1. The fourth-order valence-electron chi connectivity index (χ4n) is 2.46. The smallest absolute Gasteiger partial charge is 0.374 e. The van der Waals surface area contributed by atoms with E-state index in [9.17, 15) is 18.0 Å². The average Bonchev–Trinajstić information content (AvgIpc) is 2.72. The van der Waals surface area contributed by atoms with Gasteiger partial charge >= 0.3 is 12.2 Å². The fourth-order valence-corrected chi connectivity index (χ4v) is 2.46. The zero-order valence-electron chi connectivity index (χ0n) is 9.29. The van der Waals surface area contributed by atoms with Crippen molar-refractivity contribution in [3.8, 4) is 0 Å². The molecule has 0 aromatic heterocycles. The lowest BCUT2D eigenvalue weighted by Gasteiger charge is -2.37. The van der Waals surface area contributed by atoms with Crippen molar-refractivity contribution in [2.75, 3.05) is 19.7 Å². The number of fused-ring (bicyclic) bond motifs is 1. The first-order chi connectivity index (χ1) is 7.97. The zero-order chi connectivity index (χ0) is 12.5. The summed E-state index contributed by atoms with van der Waals surface area (Å²) in [5.41, 5.74) is 0. The number of carbonyl (C=O) groups excluding carboxylic acids is 1. The molecule has 2 atom stereocenters. The van der Waals surface area contributed by atoms with Crippen molar-refractivity contribution in [2.24, 2.45) is 0 Å². The highest BCUT2D eigenvalue weighted by Gasteiger charge is 2.39. The Balaban J connectivity index is 1.90. The van der Waals surface area contributed by atoms with Crippen LogP contribution in [0, 0.1) is 0 Å². The van der Waals surface area contributed by atoms with Gasteiger partial charge in [-0.25, -0.2) is 4.79 Å². The van der Waals surface area contributed by atoms with Crippen LogP contribution in [0.5, 0.6) is 0 Å². The van der Waals surface area contributed by atoms with E-state index in [1.165, 1.54) is 4.90 Å². The van der Waals surface area contributed by atoms with Gasteiger partial charge in [0.25, 0.3) is 0 Å². The first-order valence-corrected chi connectivity index (χ1v) is 5.70. The third-order valence-corrected chi connectivity index (χ3v) is 3.18. The highest BCUT2D eigenvalue weighted by molar-refractivity contribution is 5.74. The number of rotatable bonds is 1. The first kappa shape index (κ1) is 12.5. The summed E-state index contributed by atoms with van der Waals surface area (Å²) in [7, 11) is 0. The van der Waals surface area contributed by atoms with Crippen LogP contribution in [0.3, 0.4) is 0 Å². The van der Waals surface area contributed by atoms with Crippen LogP contribution in [0.15, 0.2) is 0 Å². The molecule has 2 rings (SSSR count). The summed E-state index contributed by atoms with van der Waals surface area (Å²) in [6.45, 7) is -0.508. The van der Waals surface area contributed by atoms with Crippen LogP contribution in [0.1, 0.15) is 19.3 Å². The summed E-state index contributed by atoms with van der Waals surface area (Å²) in [6.07, 6.45) is -1.71. The first-order valence-electron chi connectivity index (χ1n) is 5.70. The van der Waals surface area contributed by atoms with Gasteiger partial charge in [-0.1, -0.05) is 0 Å². The molecule has 1 saturated heterocycles. The van der Waals surface area contributed by atoms with Crippen LogP contribution in [-0.4, -0.2) is 48.9 Å². The largest absolute Gasteiger partial charge is 0.405 e. The molecule has 0 aromatic rings. The summed E-state index contributed by atoms with van der Waals surface area (Å²) in [5, 5.41) is 1.91. The molecule has 1 saturated carbocycles. The van der Waals surface area contributed by atoms with E-state index in [2.05, 4.69) is 0 Å². The van der Waals surface area contributed by atoms with Gasteiger partial charge in [0.05, 0.1) is 18.8 Å². The van der Waals surface area contributed by atoms with E-state index in [-0.39, 0.29) is 12.1 Å². The van der Waals surface area contributed by atoms with Crippen LogP contribution in [0.2, 0.25) is 0 Å². The molecule has 98 valence electrons. The van der Waals surface area contributed by atoms with Gasteiger partial charge in [-0.3, -0.25) is 0 Å². The molecular formula is C10H15F3N2O2. The Bertz CT molecular complexity index is 296. The Morgan fingerprint density at radius 3 is 2.88 bits per heavy atom. The number of amides is 2. The molecule has 0 spiro atoms. The molecule has 1 heterocycles. The third kappa shape index (κ3) is 3.02. The van der Waals surface area contributed by atoms with Crippen LogP contribution in [-0.2, 0) is 4.74 Å². The lowest BCUT2D eigenvalue weighted by molar-refractivity contribution is -0.123. The number of nitrogens with zero attached hydrogens (tertiary/aromatic N) is 1. The highest BCUT2D eigenvalue weighted by Crippen LogP contribution is 2.29. The molecule has 0 bridgehead atoms. The van der Waals surface area contributed by atoms with E-state index in [0.717, 1.165) is 19.3 Å². The number of halogens is 3. The predicted octanol–water partition coefficient (Wildman–Crippen LogP) is 1.51. The van der Waals surface area contributed by atoms with Gasteiger partial charge in [-0.15, -0.1) is 0 Å². The molecule has 1 N–H and O–H groups in total. The Kier molecular flexibility index (Phi) is 3.46. The highest BCUT2D eigenvalue weighted by atomic mass is 19.4. The van der Waals surface area contributed by atoms with Gasteiger partial charge in [0.2, 0.25) is 0 Å². The number of hydrogen-bond donors (Lipinski definition) is 1. The van der Waals surface area contributed by atoms with Gasteiger partial charge in [0.15, 0.2) is 0 Å². The van der Waals surface area contributed by atoms with Crippen molar-refractivity contribution in [3.05, 3.63) is 0 Å². The Hall–Kier alpha value is -0.980. The summed E-state index contributed by atoms with van der Waals surface area (Å²) < 4.78 is 41.5. The van der Waals surface area contributed by atoms with Crippen LogP contribution in [0.25, 0.3) is 0 Å². The number of nitrogens with one attached hydrogen (secondary N) is 1. The molecule has 17 heavy (non-hydrogen) atoms. The Morgan fingerprint density at radius 1 is 1.41 bits per heavy atom. The fraction of sp³-hybridized carbons (Fsp3) is 0.900. The van der Waals surface area contributed by atoms with Crippen molar-refractivity contribution in [1.29, 1.82) is 0 Å². The lowest BCUT2D eigenvalue weighted by atomic mass is 10.1. The maximum absolute atomic E-state index is 12.0. The molecule has 0 aromatic carbocycles. The topological polar surface area (TPSA) is 41.6 Å². The van der Waals surface area contributed by atoms with E-state index in [1.807, 2.05) is 5.32 Å². The lowest BCUT2D eigenvalue weighted by Crippen LogP contribution is -2.55. The second-order valence-electron chi connectivity index (χ2n) is 4.37. The molecule has 1 aliphatic carbocycles. The van der Waals surface area contributed by atoms with Crippen molar-refractivity contribution in [3.63, 3.8) is 0 Å². The Labute approximate surface area is 97.1 Å². The maximum atomic E-state index is 12.0. The maximum Gasteiger partial charge on any atom is 0.405 e. The zero-order valence-corrected chi connectivity index (χ0v) is 9.29. The van der Waals surface area contributed by atoms with Crippen molar-refractivity contribution < 1.29 is 22.7 Å². The number of alkyl halides is 3. The summed E-state index contributed by atoms with van der Waals surface area (Å²) in [6, 6.07) is -0.695. The monoisotopic (exact) mass is 252 g/mol. The minimum atomic E-state index is -4.36. The van der Waals surface area contributed by atoms with E-state index >= 15 is 0 Å². The van der Waals surface area contributed by atoms with E-state index in [1.54, 1.807) is 0 Å². The number of hydrogen-bond acceptors (Lipinski definition) is 2. The molecule has 2 amide bonds. The van der Waals surface area contributed by atoms with Crippen molar-refractivity contribution in [2.45, 2.75) is 37.6 Å².